The SMILES string of the molecule is Nc1c(NN(c2ccccc2)c2ccccc2)ncnc1Sc1ccc(Cl)cc1. The Balaban J connectivity index is 1.65. The second kappa shape index (κ2) is 8.86. The lowest BCUT2D eigenvalue weighted by atomic mass is 10.2. The summed E-state index contributed by atoms with van der Waals surface area (Å²) in [6.07, 6.45) is 1.51. The fourth-order valence-corrected chi connectivity index (χ4v) is 3.63. The molecule has 29 heavy (non-hydrogen) atoms. The van der Waals surface area contributed by atoms with Gasteiger partial charge >= 0.3 is 0 Å². The third kappa shape index (κ3) is 4.62. The van der Waals surface area contributed by atoms with Gasteiger partial charge in [-0.2, -0.15) is 0 Å². The lowest BCUT2D eigenvalue weighted by Crippen LogP contribution is -2.25. The molecule has 5 nitrogen and oxygen atoms in total. The molecule has 0 unspecified atom stereocenters. The van der Waals surface area contributed by atoms with Crippen LogP contribution in [0, 0.1) is 0 Å². The molecule has 4 rings (SSSR count). The first-order valence-electron chi connectivity index (χ1n) is 8.91. The van der Waals surface area contributed by atoms with Gasteiger partial charge in [0.15, 0.2) is 5.82 Å². The molecule has 0 fully saturated rings. The monoisotopic (exact) mass is 419 g/mol. The minimum absolute atomic E-state index is 0.476. The summed E-state index contributed by atoms with van der Waals surface area (Å²) in [6.45, 7) is 0. The summed E-state index contributed by atoms with van der Waals surface area (Å²) >= 11 is 7.43. The fourth-order valence-electron chi connectivity index (χ4n) is 2.70. The Hall–Kier alpha value is -3.22. The Morgan fingerprint density at radius 3 is 1.97 bits per heavy atom. The van der Waals surface area contributed by atoms with Crippen molar-refractivity contribution in [2.45, 2.75) is 9.92 Å². The molecule has 0 bridgehead atoms. The molecule has 144 valence electrons. The predicted molar refractivity (Wildman–Crippen MR) is 121 cm³/mol. The molecule has 7 heteroatoms. The van der Waals surface area contributed by atoms with E-state index in [1.807, 2.05) is 89.9 Å². The van der Waals surface area contributed by atoms with Crippen molar-refractivity contribution in [2.75, 3.05) is 16.2 Å². The largest absolute Gasteiger partial charge is 0.393 e. The summed E-state index contributed by atoms with van der Waals surface area (Å²) < 4.78 is 0. The quantitative estimate of drug-likeness (QED) is 0.294. The number of rotatable bonds is 6. The van der Waals surface area contributed by atoms with Gasteiger partial charge in [0.05, 0.1) is 11.4 Å². The zero-order valence-electron chi connectivity index (χ0n) is 15.4. The summed E-state index contributed by atoms with van der Waals surface area (Å²) in [5.41, 5.74) is 12.1. The van der Waals surface area contributed by atoms with E-state index in [0.717, 1.165) is 16.3 Å². The van der Waals surface area contributed by atoms with Crippen molar-refractivity contribution in [3.63, 3.8) is 0 Å². The number of hydrogen-bond acceptors (Lipinski definition) is 6. The fraction of sp³-hybridized carbons (Fsp3) is 0. The molecule has 0 aliphatic heterocycles. The molecule has 0 amide bonds. The van der Waals surface area contributed by atoms with Gasteiger partial charge in [-0.05, 0) is 48.5 Å². The normalized spacial score (nSPS) is 10.5. The van der Waals surface area contributed by atoms with Crippen LogP contribution in [0.3, 0.4) is 0 Å². The number of para-hydroxylation sites is 2. The number of hydrogen-bond donors (Lipinski definition) is 2. The molecule has 3 N–H and O–H groups in total. The van der Waals surface area contributed by atoms with Crippen molar-refractivity contribution >= 4 is 46.2 Å². The molecule has 0 radical (unpaired) electrons. The third-order valence-corrected chi connectivity index (χ3v) is 5.40. The molecule has 1 aromatic heterocycles. The van der Waals surface area contributed by atoms with Crippen LogP contribution in [-0.4, -0.2) is 9.97 Å². The molecule has 4 aromatic rings. The summed E-state index contributed by atoms with van der Waals surface area (Å²) in [4.78, 5) is 9.70. The topological polar surface area (TPSA) is 67.1 Å². The molecule has 0 spiro atoms. The van der Waals surface area contributed by atoms with Crippen molar-refractivity contribution in [3.8, 4) is 0 Å². The molecule has 0 atom stereocenters. The number of aromatic nitrogens is 2. The van der Waals surface area contributed by atoms with E-state index in [4.69, 9.17) is 17.3 Å². The molecule has 3 aromatic carbocycles. The Labute approximate surface area is 178 Å². The minimum Gasteiger partial charge on any atom is -0.393 e. The van der Waals surface area contributed by atoms with Gasteiger partial charge in [0.25, 0.3) is 0 Å². The first-order chi connectivity index (χ1) is 14.2. The smallest absolute Gasteiger partial charge is 0.172 e. The number of nitrogens with zero attached hydrogens (tertiary/aromatic N) is 3. The van der Waals surface area contributed by atoms with Gasteiger partial charge in [0.1, 0.15) is 17.0 Å². The van der Waals surface area contributed by atoms with E-state index < -0.39 is 0 Å². The second-order valence-corrected chi connectivity index (χ2v) is 7.61. The van der Waals surface area contributed by atoms with E-state index in [0.29, 0.717) is 21.6 Å². The van der Waals surface area contributed by atoms with Crippen LogP contribution < -0.4 is 16.2 Å². The Kier molecular flexibility index (Phi) is 5.84. The number of hydrazine groups is 1. The van der Waals surface area contributed by atoms with Gasteiger partial charge in [-0.25, -0.2) is 9.97 Å². The van der Waals surface area contributed by atoms with Crippen LogP contribution in [0.2, 0.25) is 5.02 Å². The van der Waals surface area contributed by atoms with Gasteiger partial charge in [-0.3, -0.25) is 10.4 Å². The van der Waals surface area contributed by atoms with Crippen LogP contribution in [-0.2, 0) is 0 Å². The van der Waals surface area contributed by atoms with Crippen molar-refractivity contribution < 1.29 is 0 Å². The summed E-state index contributed by atoms with van der Waals surface area (Å²) in [5, 5.41) is 3.30. The highest BCUT2D eigenvalue weighted by Crippen LogP contribution is 2.35. The number of benzene rings is 3. The van der Waals surface area contributed by atoms with Crippen LogP contribution in [0.5, 0.6) is 0 Å². The summed E-state index contributed by atoms with van der Waals surface area (Å²) in [5.74, 6) is 0.532. The Morgan fingerprint density at radius 1 is 0.793 bits per heavy atom. The van der Waals surface area contributed by atoms with Gasteiger partial charge in [0.2, 0.25) is 0 Å². The first kappa shape index (κ1) is 19.1. The number of halogens is 1. The van der Waals surface area contributed by atoms with Crippen LogP contribution in [0.15, 0.2) is 101 Å². The lowest BCUT2D eigenvalue weighted by molar-refractivity contribution is 1.03. The van der Waals surface area contributed by atoms with Crippen molar-refractivity contribution in [2.24, 2.45) is 0 Å². The predicted octanol–water partition coefficient (Wildman–Crippen LogP) is 6.03. The van der Waals surface area contributed by atoms with Gasteiger partial charge in [-0.15, -0.1) is 0 Å². The zero-order valence-corrected chi connectivity index (χ0v) is 16.9. The molecular formula is C22H18ClN5S. The van der Waals surface area contributed by atoms with Crippen LogP contribution >= 0.6 is 23.4 Å². The highest BCUT2D eigenvalue weighted by molar-refractivity contribution is 7.99. The van der Waals surface area contributed by atoms with Gasteiger partial charge in [-0.1, -0.05) is 59.8 Å². The van der Waals surface area contributed by atoms with Crippen molar-refractivity contribution in [3.05, 3.63) is 96.3 Å². The van der Waals surface area contributed by atoms with E-state index in [1.54, 1.807) is 0 Å². The van der Waals surface area contributed by atoms with E-state index in [-0.39, 0.29) is 0 Å². The summed E-state index contributed by atoms with van der Waals surface area (Å²) in [6, 6.07) is 27.5. The van der Waals surface area contributed by atoms with Crippen molar-refractivity contribution in [1.82, 2.24) is 9.97 Å². The van der Waals surface area contributed by atoms with Gasteiger partial charge in [0, 0.05) is 9.92 Å². The molecule has 0 aliphatic rings. The van der Waals surface area contributed by atoms with E-state index in [1.165, 1.54) is 18.1 Å². The maximum absolute atomic E-state index is 6.40. The van der Waals surface area contributed by atoms with E-state index >= 15 is 0 Å². The molecule has 0 saturated carbocycles. The lowest BCUT2D eigenvalue weighted by Gasteiger charge is -2.26. The zero-order chi connectivity index (χ0) is 20.1. The number of anilines is 4. The van der Waals surface area contributed by atoms with Crippen LogP contribution in [0.1, 0.15) is 0 Å². The molecule has 1 heterocycles. The highest BCUT2D eigenvalue weighted by atomic mass is 35.5. The average Bonchev–Trinajstić information content (AvgIpc) is 2.77. The molecule has 0 saturated heterocycles. The number of nitrogen functional groups attached to an aromatic ring is 1. The molecule has 0 aliphatic carbocycles. The van der Waals surface area contributed by atoms with E-state index in [2.05, 4.69) is 15.4 Å². The van der Waals surface area contributed by atoms with Gasteiger partial charge < -0.3 is 5.73 Å². The number of nitrogens with two attached hydrogens (primary N) is 1. The maximum atomic E-state index is 6.40. The second-order valence-electron chi connectivity index (χ2n) is 6.12. The van der Waals surface area contributed by atoms with Crippen molar-refractivity contribution in [1.29, 1.82) is 0 Å². The standard InChI is InChI=1S/C22H18ClN5S/c23-16-11-13-19(14-12-16)29-22-20(24)21(25-15-26-22)27-28(17-7-3-1-4-8-17)18-9-5-2-6-10-18/h1-15H,24H2,(H,25,26,27). The van der Waals surface area contributed by atoms with Crippen LogP contribution in [0.25, 0.3) is 0 Å². The number of nitrogens with one attached hydrogen (secondary N) is 1. The van der Waals surface area contributed by atoms with E-state index in [9.17, 15) is 0 Å². The Bertz CT molecular complexity index is 1040. The average molecular weight is 420 g/mol. The summed E-state index contributed by atoms with van der Waals surface area (Å²) in [7, 11) is 0. The maximum Gasteiger partial charge on any atom is 0.172 e. The molecular weight excluding hydrogens is 402 g/mol. The highest BCUT2D eigenvalue weighted by Gasteiger charge is 2.15. The first-order valence-corrected chi connectivity index (χ1v) is 10.1. The van der Waals surface area contributed by atoms with Crippen LogP contribution in [0.4, 0.5) is 22.9 Å². The Morgan fingerprint density at radius 2 is 1.38 bits per heavy atom. The third-order valence-electron chi connectivity index (χ3n) is 4.12. The minimum atomic E-state index is 0.476.